The molecule has 4 amide bonds. The number of alkyl carbamates (subject to hydrolysis) is 1. The summed E-state index contributed by atoms with van der Waals surface area (Å²) in [6.45, 7) is 8.52. The number of fused-ring (bicyclic) bond motifs is 1. The second-order valence-corrected chi connectivity index (χ2v) is 10.9. The van der Waals surface area contributed by atoms with Crippen LogP contribution in [0, 0.1) is 5.82 Å². The van der Waals surface area contributed by atoms with Crippen molar-refractivity contribution in [1.82, 2.24) is 15.2 Å². The zero-order chi connectivity index (χ0) is 29.2. The first-order chi connectivity index (χ1) is 18.8. The molecule has 3 aromatic rings. The van der Waals surface area contributed by atoms with Gasteiger partial charge in [-0.1, -0.05) is 12.1 Å². The van der Waals surface area contributed by atoms with Crippen LogP contribution in [0.1, 0.15) is 47.5 Å². The third kappa shape index (κ3) is 6.59. The van der Waals surface area contributed by atoms with E-state index in [9.17, 15) is 19.2 Å². The summed E-state index contributed by atoms with van der Waals surface area (Å²) in [7, 11) is 0. The molecule has 0 unspecified atom stereocenters. The highest BCUT2D eigenvalue weighted by atomic mass is 19.1. The SMILES string of the molecule is CC(=O)Nc1ccc(-c2[nH]c3ccc(NC(=O)[C@@H]4CCCN4C(=O)[C@@H](C)NC(=O)OC(C)(C)C)cc3c2F)cc1. The number of hydrogen-bond acceptors (Lipinski definition) is 5. The fourth-order valence-electron chi connectivity index (χ4n) is 4.68. The fraction of sp³-hybridized carbons (Fsp3) is 0.379. The van der Waals surface area contributed by atoms with Gasteiger partial charge in [0.2, 0.25) is 17.7 Å². The van der Waals surface area contributed by atoms with Crippen LogP contribution >= 0.6 is 0 Å². The Morgan fingerprint density at radius 1 is 1.05 bits per heavy atom. The normalized spacial score (nSPS) is 15.9. The Kier molecular flexibility index (Phi) is 8.13. The Labute approximate surface area is 231 Å². The minimum Gasteiger partial charge on any atom is -0.444 e. The summed E-state index contributed by atoms with van der Waals surface area (Å²) in [4.78, 5) is 54.1. The topological polar surface area (TPSA) is 133 Å². The van der Waals surface area contributed by atoms with Gasteiger partial charge in [0.15, 0.2) is 5.82 Å². The number of carbonyl (C=O) groups excluding carboxylic acids is 4. The highest BCUT2D eigenvalue weighted by molar-refractivity contribution is 6.00. The van der Waals surface area contributed by atoms with E-state index >= 15 is 4.39 Å². The van der Waals surface area contributed by atoms with Crippen LogP contribution in [-0.4, -0.2) is 57.9 Å². The second-order valence-electron chi connectivity index (χ2n) is 10.9. The minimum absolute atomic E-state index is 0.198. The smallest absolute Gasteiger partial charge is 0.408 e. The average Bonchev–Trinajstić information content (AvgIpc) is 3.48. The largest absolute Gasteiger partial charge is 0.444 e. The Morgan fingerprint density at radius 2 is 1.73 bits per heavy atom. The first kappa shape index (κ1) is 28.6. The van der Waals surface area contributed by atoms with Crippen molar-refractivity contribution in [2.45, 2.75) is 65.1 Å². The van der Waals surface area contributed by atoms with E-state index in [2.05, 4.69) is 20.9 Å². The number of aromatic nitrogens is 1. The van der Waals surface area contributed by atoms with Crippen molar-refractivity contribution >= 4 is 46.1 Å². The van der Waals surface area contributed by atoms with E-state index in [4.69, 9.17) is 4.74 Å². The van der Waals surface area contributed by atoms with Gasteiger partial charge < -0.3 is 30.6 Å². The fourth-order valence-corrected chi connectivity index (χ4v) is 4.68. The summed E-state index contributed by atoms with van der Waals surface area (Å²) < 4.78 is 20.6. The van der Waals surface area contributed by atoms with Crippen LogP contribution in [0.2, 0.25) is 0 Å². The number of nitrogens with zero attached hydrogens (tertiary/aromatic N) is 1. The zero-order valence-electron chi connectivity index (χ0n) is 23.2. The van der Waals surface area contributed by atoms with E-state index in [1.165, 1.54) is 11.8 Å². The predicted octanol–water partition coefficient (Wildman–Crippen LogP) is 4.78. The molecule has 2 heterocycles. The summed E-state index contributed by atoms with van der Waals surface area (Å²) in [6.07, 6.45) is 0.396. The lowest BCUT2D eigenvalue weighted by Crippen LogP contribution is -2.52. The van der Waals surface area contributed by atoms with Gasteiger partial charge in [-0.2, -0.15) is 0 Å². The number of H-pyrrole nitrogens is 1. The van der Waals surface area contributed by atoms with Gasteiger partial charge >= 0.3 is 6.09 Å². The number of ether oxygens (including phenoxy) is 1. The van der Waals surface area contributed by atoms with Crippen LogP contribution in [0.3, 0.4) is 0 Å². The van der Waals surface area contributed by atoms with Gasteiger partial charge in [-0.3, -0.25) is 14.4 Å². The zero-order valence-corrected chi connectivity index (χ0v) is 23.2. The molecule has 10 nitrogen and oxygen atoms in total. The van der Waals surface area contributed by atoms with E-state index in [1.807, 2.05) is 0 Å². The van der Waals surface area contributed by atoms with Gasteiger partial charge in [-0.15, -0.1) is 0 Å². The number of halogens is 1. The lowest BCUT2D eigenvalue weighted by Gasteiger charge is -2.28. The summed E-state index contributed by atoms with van der Waals surface area (Å²) in [5, 5.41) is 8.31. The van der Waals surface area contributed by atoms with Crippen LogP contribution < -0.4 is 16.0 Å². The van der Waals surface area contributed by atoms with Crippen LogP contribution in [0.4, 0.5) is 20.6 Å². The van der Waals surface area contributed by atoms with E-state index in [-0.39, 0.29) is 23.4 Å². The Bertz CT molecular complexity index is 1440. The van der Waals surface area contributed by atoms with Crippen molar-refractivity contribution in [3.63, 3.8) is 0 Å². The number of anilines is 2. The van der Waals surface area contributed by atoms with Gasteiger partial charge in [0.25, 0.3) is 0 Å². The number of benzene rings is 2. The quantitative estimate of drug-likeness (QED) is 0.350. The van der Waals surface area contributed by atoms with Crippen molar-refractivity contribution < 1.29 is 28.3 Å². The molecule has 1 aliphatic rings. The molecular weight excluding hydrogens is 517 g/mol. The monoisotopic (exact) mass is 551 g/mol. The van der Waals surface area contributed by atoms with Crippen LogP contribution in [0.5, 0.6) is 0 Å². The number of aromatic amines is 1. The Balaban J connectivity index is 1.45. The number of amides is 4. The summed E-state index contributed by atoms with van der Waals surface area (Å²) in [6, 6.07) is 10.1. The number of nitrogens with one attached hydrogen (secondary N) is 4. The molecule has 0 spiro atoms. The highest BCUT2D eigenvalue weighted by Gasteiger charge is 2.36. The van der Waals surface area contributed by atoms with E-state index in [0.29, 0.717) is 47.2 Å². The Hall–Kier alpha value is -4.41. The first-order valence-corrected chi connectivity index (χ1v) is 13.1. The molecule has 2 atom stereocenters. The van der Waals surface area contributed by atoms with E-state index in [1.54, 1.807) is 70.2 Å². The number of carbonyl (C=O) groups is 4. The maximum Gasteiger partial charge on any atom is 0.408 e. The van der Waals surface area contributed by atoms with Gasteiger partial charge in [-0.25, -0.2) is 9.18 Å². The average molecular weight is 552 g/mol. The molecule has 1 aromatic heterocycles. The third-order valence-corrected chi connectivity index (χ3v) is 6.44. The van der Waals surface area contributed by atoms with Gasteiger partial charge in [-0.05, 0) is 70.9 Å². The van der Waals surface area contributed by atoms with Crippen LogP contribution in [0.25, 0.3) is 22.2 Å². The van der Waals surface area contributed by atoms with Crippen molar-refractivity contribution in [2.24, 2.45) is 0 Å². The van der Waals surface area contributed by atoms with Crippen molar-refractivity contribution in [3.8, 4) is 11.3 Å². The standard InChI is InChI=1S/C29H34FN5O5/c1-16(31-28(39)40-29(3,4)5)27(38)35-14-6-7-23(35)26(37)33-20-12-13-22-21(15-20)24(30)25(34-22)18-8-10-19(11-9-18)32-17(2)36/h8-13,15-16,23,34H,6-7,14H2,1-5H3,(H,31,39)(H,32,36)(H,33,37)/t16-,23+/m1/s1. The summed E-state index contributed by atoms with van der Waals surface area (Å²) in [5.74, 6) is -1.45. The molecule has 2 aromatic carbocycles. The molecule has 0 saturated carbocycles. The third-order valence-electron chi connectivity index (χ3n) is 6.44. The Morgan fingerprint density at radius 3 is 2.38 bits per heavy atom. The molecule has 40 heavy (non-hydrogen) atoms. The molecule has 4 N–H and O–H groups in total. The van der Waals surface area contributed by atoms with Crippen molar-refractivity contribution in [1.29, 1.82) is 0 Å². The van der Waals surface area contributed by atoms with Gasteiger partial charge in [0.05, 0.1) is 5.69 Å². The lowest BCUT2D eigenvalue weighted by molar-refractivity contribution is -0.138. The van der Waals surface area contributed by atoms with Gasteiger partial charge in [0.1, 0.15) is 17.7 Å². The molecule has 1 saturated heterocycles. The molecule has 212 valence electrons. The second kappa shape index (κ2) is 11.4. The van der Waals surface area contributed by atoms with Gasteiger partial charge in [0, 0.05) is 41.3 Å². The summed E-state index contributed by atoms with van der Waals surface area (Å²) >= 11 is 0. The van der Waals surface area contributed by atoms with Crippen LogP contribution in [-0.2, 0) is 19.1 Å². The van der Waals surface area contributed by atoms with Crippen molar-refractivity contribution in [2.75, 3.05) is 17.2 Å². The number of hydrogen-bond donors (Lipinski definition) is 4. The molecule has 0 aliphatic carbocycles. The predicted molar refractivity (Wildman–Crippen MR) is 150 cm³/mol. The van der Waals surface area contributed by atoms with Crippen LogP contribution in [0.15, 0.2) is 42.5 Å². The highest BCUT2D eigenvalue weighted by Crippen LogP contribution is 2.31. The first-order valence-electron chi connectivity index (χ1n) is 13.1. The molecule has 1 aliphatic heterocycles. The van der Waals surface area contributed by atoms with E-state index in [0.717, 1.165) is 0 Å². The molecule has 1 fully saturated rings. The van der Waals surface area contributed by atoms with E-state index < -0.39 is 29.6 Å². The molecule has 0 radical (unpaired) electrons. The molecule has 0 bridgehead atoms. The molecule has 11 heteroatoms. The maximum atomic E-state index is 15.4. The minimum atomic E-state index is -0.876. The maximum absolute atomic E-state index is 15.4. The summed E-state index contributed by atoms with van der Waals surface area (Å²) in [5.41, 5.74) is 1.72. The molecule has 4 rings (SSSR count). The number of rotatable bonds is 6. The lowest BCUT2D eigenvalue weighted by atomic mass is 10.1. The molecular formula is C29H34FN5O5. The number of likely N-dealkylation sites (tertiary alicyclic amines) is 1. The van der Waals surface area contributed by atoms with Crippen molar-refractivity contribution in [3.05, 3.63) is 48.3 Å².